The molecule has 6 nitrogen and oxygen atoms in total. The van der Waals surface area contributed by atoms with Gasteiger partial charge < -0.3 is 20.5 Å². The summed E-state index contributed by atoms with van der Waals surface area (Å²) in [5.41, 5.74) is 7.13. The van der Waals surface area contributed by atoms with Gasteiger partial charge >= 0.3 is 5.97 Å². The van der Waals surface area contributed by atoms with Crippen molar-refractivity contribution in [1.29, 1.82) is 0 Å². The highest BCUT2D eigenvalue weighted by Crippen LogP contribution is 2.20. The molecule has 1 aromatic rings. The van der Waals surface area contributed by atoms with Gasteiger partial charge in [0.25, 0.3) is 0 Å². The number of rotatable bonds is 6. The number of hydrogen-bond acceptors (Lipinski definition) is 5. The van der Waals surface area contributed by atoms with E-state index >= 15 is 0 Å². The molecule has 0 aromatic heterocycles. The van der Waals surface area contributed by atoms with E-state index in [9.17, 15) is 9.59 Å². The number of nitrogens with two attached hydrogens (primary N) is 1. The standard InChI is InChI=1S/C14H20N2O4/c1-9-11(14(18)20-3)5-4-6-12(9)16-13(17)7-10(8-15)19-2/h4-6,10H,7-8,15H2,1-3H3,(H,16,17). The number of ether oxygens (including phenoxy) is 2. The summed E-state index contributed by atoms with van der Waals surface area (Å²) in [7, 11) is 2.82. The number of amides is 1. The maximum Gasteiger partial charge on any atom is 0.338 e. The molecule has 0 radical (unpaired) electrons. The Labute approximate surface area is 118 Å². The van der Waals surface area contributed by atoms with E-state index < -0.39 is 5.97 Å². The summed E-state index contributed by atoms with van der Waals surface area (Å²) in [5, 5.41) is 2.75. The highest BCUT2D eigenvalue weighted by atomic mass is 16.5. The van der Waals surface area contributed by atoms with E-state index in [-0.39, 0.29) is 25.0 Å². The second-order valence-electron chi connectivity index (χ2n) is 4.32. The summed E-state index contributed by atoms with van der Waals surface area (Å²) in [4.78, 5) is 23.5. The zero-order chi connectivity index (χ0) is 15.1. The molecule has 0 spiro atoms. The van der Waals surface area contributed by atoms with Gasteiger partial charge in [-0.25, -0.2) is 4.79 Å². The molecule has 0 saturated carbocycles. The van der Waals surface area contributed by atoms with Crippen LogP contribution in [0.5, 0.6) is 0 Å². The molecule has 0 aliphatic rings. The first-order chi connectivity index (χ1) is 9.53. The predicted octanol–water partition coefficient (Wildman–Crippen LogP) is 1.08. The molecule has 0 fully saturated rings. The van der Waals surface area contributed by atoms with E-state index in [1.807, 2.05) is 0 Å². The van der Waals surface area contributed by atoms with Crippen molar-refractivity contribution in [1.82, 2.24) is 0 Å². The Morgan fingerprint density at radius 2 is 2.05 bits per heavy atom. The Balaban J connectivity index is 2.83. The van der Waals surface area contributed by atoms with Crippen LogP contribution in [0.3, 0.4) is 0 Å². The van der Waals surface area contributed by atoms with Crippen LogP contribution in [0.1, 0.15) is 22.3 Å². The first-order valence-corrected chi connectivity index (χ1v) is 6.24. The second-order valence-corrected chi connectivity index (χ2v) is 4.32. The van der Waals surface area contributed by atoms with Crippen LogP contribution in [-0.4, -0.2) is 38.7 Å². The maximum absolute atomic E-state index is 11.9. The molecule has 0 aliphatic carbocycles. The van der Waals surface area contributed by atoms with Crippen molar-refractivity contribution in [2.45, 2.75) is 19.4 Å². The molecule has 3 N–H and O–H groups in total. The Hall–Kier alpha value is -1.92. The van der Waals surface area contributed by atoms with Gasteiger partial charge in [0, 0.05) is 19.3 Å². The number of methoxy groups -OCH3 is 2. The van der Waals surface area contributed by atoms with Crippen molar-refractivity contribution in [2.24, 2.45) is 5.73 Å². The molecule has 0 aliphatic heterocycles. The van der Waals surface area contributed by atoms with Crippen molar-refractivity contribution in [3.05, 3.63) is 29.3 Å². The minimum Gasteiger partial charge on any atom is -0.465 e. The first kappa shape index (κ1) is 16.1. The molecule has 6 heteroatoms. The summed E-state index contributed by atoms with van der Waals surface area (Å²) >= 11 is 0. The fourth-order valence-electron chi connectivity index (χ4n) is 1.77. The lowest BCUT2D eigenvalue weighted by Gasteiger charge is -2.14. The SMILES string of the molecule is COC(=O)c1cccc(NC(=O)CC(CN)OC)c1C. The van der Waals surface area contributed by atoms with Crippen LogP contribution in [0.2, 0.25) is 0 Å². The van der Waals surface area contributed by atoms with Crippen LogP contribution in [-0.2, 0) is 14.3 Å². The Morgan fingerprint density at radius 1 is 1.35 bits per heavy atom. The van der Waals surface area contributed by atoms with Gasteiger partial charge in [0.2, 0.25) is 5.91 Å². The van der Waals surface area contributed by atoms with E-state index in [0.717, 1.165) is 0 Å². The molecule has 1 unspecified atom stereocenters. The summed E-state index contributed by atoms with van der Waals surface area (Å²) in [6, 6.07) is 5.06. The summed E-state index contributed by atoms with van der Waals surface area (Å²) in [5.74, 6) is -0.650. The summed E-state index contributed by atoms with van der Waals surface area (Å²) < 4.78 is 9.75. The lowest BCUT2D eigenvalue weighted by atomic mass is 10.1. The molecule has 1 amide bonds. The summed E-state index contributed by atoms with van der Waals surface area (Å²) in [6.07, 6.45) is -0.159. The van der Waals surface area contributed by atoms with Crippen LogP contribution >= 0.6 is 0 Å². The minimum atomic E-state index is -0.435. The monoisotopic (exact) mass is 280 g/mol. The van der Waals surface area contributed by atoms with Gasteiger partial charge in [-0.05, 0) is 24.6 Å². The number of esters is 1. The van der Waals surface area contributed by atoms with Crippen LogP contribution in [0.4, 0.5) is 5.69 Å². The normalized spacial score (nSPS) is 11.8. The molecule has 0 bridgehead atoms. The van der Waals surface area contributed by atoms with Gasteiger partial charge in [-0.1, -0.05) is 6.07 Å². The molecular formula is C14H20N2O4. The molecule has 20 heavy (non-hydrogen) atoms. The van der Waals surface area contributed by atoms with E-state index in [0.29, 0.717) is 16.8 Å². The number of carbonyl (C=O) groups excluding carboxylic acids is 2. The van der Waals surface area contributed by atoms with Gasteiger partial charge in [-0.3, -0.25) is 4.79 Å². The molecule has 1 aromatic carbocycles. The maximum atomic E-state index is 11.9. The highest BCUT2D eigenvalue weighted by molar-refractivity contribution is 5.96. The van der Waals surface area contributed by atoms with Crippen molar-refractivity contribution >= 4 is 17.6 Å². The van der Waals surface area contributed by atoms with Crippen LogP contribution in [0.15, 0.2) is 18.2 Å². The van der Waals surface area contributed by atoms with Gasteiger partial charge in [0.05, 0.1) is 25.2 Å². The minimum absolute atomic E-state index is 0.162. The van der Waals surface area contributed by atoms with Crippen LogP contribution in [0.25, 0.3) is 0 Å². The van der Waals surface area contributed by atoms with Crippen LogP contribution < -0.4 is 11.1 Å². The van der Waals surface area contributed by atoms with Crippen molar-refractivity contribution in [3.63, 3.8) is 0 Å². The van der Waals surface area contributed by atoms with E-state index in [2.05, 4.69) is 10.1 Å². The Morgan fingerprint density at radius 3 is 2.60 bits per heavy atom. The van der Waals surface area contributed by atoms with Crippen LogP contribution in [0, 0.1) is 6.92 Å². The third kappa shape index (κ3) is 4.04. The fraction of sp³-hybridized carbons (Fsp3) is 0.429. The lowest BCUT2D eigenvalue weighted by Crippen LogP contribution is -2.28. The van der Waals surface area contributed by atoms with Gasteiger partial charge in [0.15, 0.2) is 0 Å². The molecule has 110 valence electrons. The molecule has 0 heterocycles. The van der Waals surface area contributed by atoms with E-state index in [1.54, 1.807) is 25.1 Å². The molecule has 1 atom stereocenters. The second kappa shape index (κ2) is 7.62. The number of benzene rings is 1. The number of carbonyl (C=O) groups is 2. The zero-order valence-corrected chi connectivity index (χ0v) is 11.9. The van der Waals surface area contributed by atoms with E-state index in [1.165, 1.54) is 14.2 Å². The van der Waals surface area contributed by atoms with E-state index in [4.69, 9.17) is 10.5 Å². The number of hydrogen-bond donors (Lipinski definition) is 2. The Bertz CT molecular complexity index is 484. The fourth-order valence-corrected chi connectivity index (χ4v) is 1.77. The number of nitrogens with one attached hydrogen (secondary N) is 1. The van der Waals surface area contributed by atoms with Crippen molar-refractivity contribution < 1.29 is 19.1 Å². The smallest absolute Gasteiger partial charge is 0.338 e. The third-order valence-electron chi connectivity index (χ3n) is 3.02. The predicted molar refractivity (Wildman–Crippen MR) is 75.6 cm³/mol. The largest absolute Gasteiger partial charge is 0.465 e. The lowest BCUT2D eigenvalue weighted by molar-refractivity contribution is -0.118. The highest BCUT2D eigenvalue weighted by Gasteiger charge is 2.15. The summed E-state index contributed by atoms with van der Waals surface area (Å²) in [6.45, 7) is 2.02. The Kier molecular flexibility index (Phi) is 6.14. The first-order valence-electron chi connectivity index (χ1n) is 6.24. The van der Waals surface area contributed by atoms with Crippen molar-refractivity contribution in [2.75, 3.05) is 26.1 Å². The number of anilines is 1. The quantitative estimate of drug-likeness (QED) is 0.761. The average Bonchev–Trinajstić information content (AvgIpc) is 2.46. The van der Waals surface area contributed by atoms with Gasteiger partial charge in [-0.15, -0.1) is 0 Å². The van der Waals surface area contributed by atoms with Gasteiger partial charge in [0.1, 0.15) is 0 Å². The average molecular weight is 280 g/mol. The molecule has 1 rings (SSSR count). The zero-order valence-electron chi connectivity index (χ0n) is 11.9. The third-order valence-corrected chi connectivity index (χ3v) is 3.02. The van der Waals surface area contributed by atoms with Gasteiger partial charge in [-0.2, -0.15) is 0 Å². The topological polar surface area (TPSA) is 90.7 Å². The molecule has 0 saturated heterocycles. The molecular weight excluding hydrogens is 260 g/mol. The van der Waals surface area contributed by atoms with Crippen molar-refractivity contribution in [3.8, 4) is 0 Å².